The average Bonchev–Trinajstić information content (AvgIpc) is 3.37. The lowest BCUT2D eigenvalue weighted by atomic mass is 10.0. The van der Waals surface area contributed by atoms with Gasteiger partial charge in [0.05, 0.1) is 5.69 Å². The molecular weight excluding hydrogens is 466 g/mol. The van der Waals surface area contributed by atoms with E-state index in [4.69, 9.17) is 5.10 Å². The van der Waals surface area contributed by atoms with Crippen LogP contribution < -0.4 is 10.6 Å². The van der Waals surface area contributed by atoms with E-state index >= 15 is 0 Å². The van der Waals surface area contributed by atoms with Crippen molar-refractivity contribution in [2.45, 2.75) is 0 Å². The van der Waals surface area contributed by atoms with Crippen LogP contribution in [0.1, 0.15) is 10.4 Å². The summed E-state index contributed by atoms with van der Waals surface area (Å²) in [5, 5.41) is 30.5. The van der Waals surface area contributed by atoms with E-state index in [0.717, 1.165) is 28.1 Å². The first-order chi connectivity index (χ1) is 18.1. The van der Waals surface area contributed by atoms with Crippen molar-refractivity contribution in [3.05, 3.63) is 109 Å². The number of anilines is 1. The van der Waals surface area contributed by atoms with E-state index in [2.05, 4.69) is 15.6 Å². The zero-order valence-electron chi connectivity index (χ0n) is 19.9. The van der Waals surface area contributed by atoms with Gasteiger partial charge in [0.25, 0.3) is 5.91 Å². The number of phenols is 2. The van der Waals surface area contributed by atoms with Crippen LogP contribution in [0.3, 0.4) is 0 Å². The van der Waals surface area contributed by atoms with Crippen LogP contribution in [0.4, 0.5) is 5.82 Å². The molecule has 8 nitrogen and oxygen atoms in total. The smallest absolute Gasteiger partial charge is 0.251 e. The molecule has 0 saturated heterocycles. The van der Waals surface area contributed by atoms with Gasteiger partial charge in [-0.2, -0.15) is 5.10 Å². The fourth-order valence-electron chi connectivity index (χ4n) is 3.98. The predicted molar refractivity (Wildman–Crippen MR) is 143 cm³/mol. The molecule has 37 heavy (non-hydrogen) atoms. The molecule has 5 rings (SSSR count). The maximum absolute atomic E-state index is 12.3. The van der Waals surface area contributed by atoms with E-state index in [-0.39, 0.29) is 17.4 Å². The topological polar surface area (TPSA) is 112 Å². The van der Waals surface area contributed by atoms with Crippen molar-refractivity contribution in [2.24, 2.45) is 0 Å². The van der Waals surface area contributed by atoms with Gasteiger partial charge in [0.2, 0.25) is 0 Å². The molecule has 0 saturated carbocycles. The Morgan fingerprint density at radius 3 is 2.38 bits per heavy atom. The summed E-state index contributed by atoms with van der Waals surface area (Å²) in [4.78, 5) is 16.7. The third kappa shape index (κ3) is 5.59. The van der Waals surface area contributed by atoms with Gasteiger partial charge in [0.1, 0.15) is 23.0 Å². The summed E-state index contributed by atoms with van der Waals surface area (Å²) < 4.78 is 1.82. The number of rotatable bonds is 8. The van der Waals surface area contributed by atoms with Crippen LogP contribution in [-0.2, 0) is 0 Å². The Balaban J connectivity index is 1.35. The molecular formula is C29H25N5O3. The second kappa shape index (κ2) is 10.7. The fraction of sp³-hybridized carbons (Fsp3) is 0.0690. The number of nitrogens with zero attached hydrogens (tertiary/aromatic N) is 3. The van der Waals surface area contributed by atoms with Gasteiger partial charge in [0, 0.05) is 42.2 Å². The maximum Gasteiger partial charge on any atom is 0.251 e. The molecule has 2 aromatic heterocycles. The molecule has 0 atom stereocenters. The number of amides is 1. The molecule has 0 spiro atoms. The number of benzene rings is 3. The molecule has 4 N–H and O–H groups in total. The molecule has 1 amide bonds. The van der Waals surface area contributed by atoms with E-state index in [1.807, 2.05) is 59.4 Å². The summed E-state index contributed by atoms with van der Waals surface area (Å²) in [7, 11) is 0. The highest BCUT2D eigenvalue weighted by atomic mass is 16.3. The fourth-order valence-corrected chi connectivity index (χ4v) is 3.98. The number of nitrogens with one attached hydrogen (secondary N) is 2. The standard InChI is InChI=1S/C29H25N5O3/c35-24-10-4-6-21(16-24)28-26(19-34(33-28)23-8-2-1-3-9-23)20-12-13-30-27(18-20)31-14-15-32-29(37)22-7-5-11-25(36)17-22/h1-13,16-19,35-36H,14-15H2,(H,30,31)(H,32,37). The molecule has 0 fully saturated rings. The number of hydrogen-bond donors (Lipinski definition) is 4. The molecule has 5 aromatic rings. The highest BCUT2D eigenvalue weighted by Gasteiger charge is 2.15. The van der Waals surface area contributed by atoms with Crippen molar-refractivity contribution in [3.63, 3.8) is 0 Å². The number of phenolic OH excluding ortho intramolecular Hbond substituents is 2. The number of hydrogen-bond acceptors (Lipinski definition) is 6. The number of pyridine rings is 1. The summed E-state index contributed by atoms with van der Waals surface area (Å²) in [6.07, 6.45) is 3.68. The molecule has 2 heterocycles. The molecule has 3 aromatic carbocycles. The molecule has 0 aliphatic heterocycles. The molecule has 0 aliphatic carbocycles. The van der Waals surface area contributed by atoms with Crippen LogP contribution in [0.5, 0.6) is 11.5 Å². The second-order valence-electron chi connectivity index (χ2n) is 8.38. The van der Waals surface area contributed by atoms with Gasteiger partial charge >= 0.3 is 0 Å². The van der Waals surface area contributed by atoms with Crippen molar-refractivity contribution in [3.8, 4) is 39.6 Å². The number of carbonyl (C=O) groups is 1. The summed E-state index contributed by atoms with van der Waals surface area (Å²) >= 11 is 0. The lowest BCUT2D eigenvalue weighted by Gasteiger charge is -2.09. The van der Waals surface area contributed by atoms with Crippen LogP contribution in [0.25, 0.3) is 28.1 Å². The van der Waals surface area contributed by atoms with Crippen molar-refractivity contribution in [2.75, 3.05) is 18.4 Å². The van der Waals surface area contributed by atoms with E-state index < -0.39 is 0 Å². The monoisotopic (exact) mass is 491 g/mol. The summed E-state index contributed by atoms with van der Waals surface area (Å²) in [5.41, 5.74) is 4.64. The minimum absolute atomic E-state index is 0.0486. The first-order valence-corrected chi connectivity index (χ1v) is 11.8. The number of aromatic hydroxyl groups is 2. The Morgan fingerprint density at radius 1 is 0.811 bits per heavy atom. The lowest BCUT2D eigenvalue weighted by molar-refractivity contribution is 0.0954. The van der Waals surface area contributed by atoms with Gasteiger partial charge in [-0.25, -0.2) is 9.67 Å². The molecule has 0 bridgehead atoms. The maximum atomic E-state index is 12.3. The molecule has 8 heteroatoms. The van der Waals surface area contributed by atoms with Gasteiger partial charge in [-0.15, -0.1) is 0 Å². The third-order valence-corrected chi connectivity index (χ3v) is 5.75. The van der Waals surface area contributed by atoms with Gasteiger partial charge in [-0.05, 0) is 60.2 Å². The normalized spacial score (nSPS) is 10.7. The zero-order chi connectivity index (χ0) is 25.6. The van der Waals surface area contributed by atoms with E-state index in [9.17, 15) is 15.0 Å². The van der Waals surface area contributed by atoms with E-state index in [0.29, 0.717) is 24.5 Å². The number of carbonyl (C=O) groups excluding carboxylic acids is 1. The average molecular weight is 492 g/mol. The van der Waals surface area contributed by atoms with E-state index in [1.54, 1.807) is 36.5 Å². The lowest BCUT2D eigenvalue weighted by Crippen LogP contribution is -2.28. The van der Waals surface area contributed by atoms with E-state index in [1.165, 1.54) is 12.1 Å². The van der Waals surface area contributed by atoms with Gasteiger partial charge in [0.15, 0.2) is 0 Å². The van der Waals surface area contributed by atoms with Crippen molar-refractivity contribution < 1.29 is 15.0 Å². The summed E-state index contributed by atoms with van der Waals surface area (Å²) in [6.45, 7) is 0.838. The van der Waals surface area contributed by atoms with Crippen molar-refractivity contribution >= 4 is 11.7 Å². The molecule has 0 aliphatic rings. The van der Waals surface area contributed by atoms with Gasteiger partial charge in [-0.3, -0.25) is 4.79 Å². The largest absolute Gasteiger partial charge is 0.508 e. The van der Waals surface area contributed by atoms with Gasteiger partial charge in [-0.1, -0.05) is 36.4 Å². The van der Waals surface area contributed by atoms with Crippen molar-refractivity contribution in [1.29, 1.82) is 0 Å². The minimum Gasteiger partial charge on any atom is -0.508 e. The summed E-state index contributed by atoms with van der Waals surface area (Å²) in [5.74, 6) is 0.608. The van der Waals surface area contributed by atoms with Crippen LogP contribution >= 0.6 is 0 Å². The van der Waals surface area contributed by atoms with Gasteiger partial charge < -0.3 is 20.8 Å². The highest BCUT2D eigenvalue weighted by molar-refractivity contribution is 5.94. The number of aromatic nitrogens is 3. The summed E-state index contributed by atoms with van der Waals surface area (Å²) in [6, 6.07) is 26.9. The van der Waals surface area contributed by atoms with Crippen molar-refractivity contribution in [1.82, 2.24) is 20.1 Å². The predicted octanol–water partition coefficient (Wildman–Crippen LogP) is 4.85. The molecule has 0 radical (unpaired) electrons. The van der Waals surface area contributed by atoms with Crippen LogP contribution in [-0.4, -0.2) is 44.0 Å². The number of para-hydroxylation sites is 1. The quantitative estimate of drug-likeness (QED) is 0.231. The Kier molecular flexibility index (Phi) is 6.80. The Morgan fingerprint density at radius 2 is 1.59 bits per heavy atom. The minimum atomic E-state index is -0.261. The Hall–Kier alpha value is -5.11. The zero-order valence-corrected chi connectivity index (χ0v) is 19.9. The Bertz CT molecular complexity index is 1530. The SMILES string of the molecule is O=C(NCCNc1cc(-c2cn(-c3ccccc3)nc2-c2cccc(O)c2)ccn1)c1cccc(O)c1. The Labute approximate surface area is 213 Å². The first kappa shape index (κ1) is 23.6. The van der Waals surface area contributed by atoms with Crippen LogP contribution in [0.2, 0.25) is 0 Å². The third-order valence-electron chi connectivity index (χ3n) is 5.75. The van der Waals surface area contributed by atoms with Crippen LogP contribution in [0, 0.1) is 0 Å². The van der Waals surface area contributed by atoms with Crippen LogP contribution in [0.15, 0.2) is 103 Å². The first-order valence-electron chi connectivity index (χ1n) is 11.8. The molecule has 184 valence electrons. The molecule has 0 unspecified atom stereocenters. The highest BCUT2D eigenvalue weighted by Crippen LogP contribution is 2.34. The second-order valence-corrected chi connectivity index (χ2v) is 8.38.